The van der Waals surface area contributed by atoms with Gasteiger partial charge in [0.15, 0.2) is 6.29 Å². The van der Waals surface area contributed by atoms with Crippen LogP contribution in [0.1, 0.15) is 24.5 Å². The van der Waals surface area contributed by atoms with Gasteiger partial charge in [-0.1, -0.05) is 31.2 Å². The molecule has 0 aliphatic heterocycles. The second-order valence-corrected chi connectivity index (χ2v) is 3.80. The summed E-state index contributed by atoms with van der Waals surface area (Å²) in [6.07, 6.45) is -1.85. The van der Waals surface area contributed by atoms with E-state index in [1.165, 1.54) is 25.2 Å². The first kappa shape index (κ1) is 15.1. The Morgan fingerprint density at radius 2 is 1.95 bits per heavy atom. The minimum absolute atomic E-state index is 0.0600. The van der Waals surface area contributed by atoms with Crippen LogP contribution in [0, 0.1) is 0 Å². The lowest BCUT2D eigenvalue weighted by Crippen LogP contribution is -2.15. The van der Waals surface area contributed by atoms with Gasteiger partial charge in [-0.25, -0.2) is 0 Å². The Kier molecular flexibility index (Phi) is 5.03. The average molecular weight is 269 g/mol. The van der Waals surface area contributed by atoms with E-state index in [1.54, 1.807) is 13.0 Å². The SMILES string of the molecule is CC/C=C(/C=O)C(=NC)c1ccccc1C(F)(F)F. The Balaban J connectivity index is 3.44. The molecule has 0 amide bonds. The maximum Gasteiger partial charge on any atom is 0.417 e. The van der Waals surface area contributed by atoms with E-state index in [1.807, 2.05) is 0 Å². The molecule has 1 aromatic rings. The highest BCUT2D eigenvalue weighted by atomic mass is 19.4. The molecule has 0 radical (unpaired) electrons. The normalized spacial score (nSPS) is 13.5. The predicted octanol–water partition coefficient (Wildman–Crippen LogP) is 3.66. The standard InChI is InChI=1S/C14H14F3NO/c1-3-6-10(9-19)13(18-2)11-7-4-5-8-12(11)14(15,16)17/h4-9H,3H2,1-2H3/b10-6-,18-13?. The smallest absolute Gasteiger partial charge is 0.298 e. The van der Waals surface area contributed by atoms with Crippen LogP contribution in [0.4, 0.5) is 13.2 Å². The molecule has 0 spiro atoms. The third-order valence-electron chi connectivity index (χ3n) is 2.54. The van der Waals surface area contributed by atoms with E-state index in [0.717, 1.165) is 6.07 Å². The maximum absolute atomic E-state index is 12.9. The molecular weight excluding hydrogens is 255 g/mol. The van der Waals surface area contributed by atoms with Crippen molar-refractivity contribution in [1.82, 2.24) is 0 Å². The molecule has 0 heterocycles. The van der Waals surface area contributed by atoms with Crippen molar-refractivity contribution in [3.63, 3.8) is 0 Å². The number of nitrogens with zero attached hydrogens (tertiary/aromatic N) is 1. The van der Waals surface area contributed by atoms with E-state index in [2.05, 4.69) is 4.99 Å². The monoisotopic (exact) mass is 269 g/mol. The molecule has 0 bridgehead atoms. The van der Waals surface area contributed by atoms with E-state index in [9.17, 15) is 18.0 Å². The molecule has 5 heteroatoms. The Labute approximate surface area is 109 Å². The van der Waals surface area contributed by atoms with Crippen molar-refractivity contribution >= 4 is 12.0 Å². The van der Waals surface area contributed by atoms with Crippen LogP contribution in [-0.2, 0) is 11.0 Å². The first-order chi connectivity index (χ1) is 8.95. The first-order valence-electron chi connectivity index (χ1n) is 5.74. The first-order valence-corrected chi connectivity index (χ1v) is 5.74. The maximum atomic E-state index is 12.9. The number of halogens is 3. The van der Waals surface area contributed by atoms with E-state index < -0.39 is 11.7 Å². The zero-order chi connectivity index (χ0) is 14.5. The minimum Gasteiger partial charge on any atom is -0.298 e. The van der Waals surface area contributed by atoms with Gasteiger partial charge in [0, 0.05) is 18.2 Å². The lowest BCUT2D eigenvalue weighted by molar-refractivity contribution is -0.137. The highest BCUT2D eigenvalue weighted by Gasteiger charge is 2.34. The highest BCUT2D eigenvalue weighted by molar-refractivity contribution is 6.23. The van der Waals surface area contributed by atoms with Crippen molar-refractivity contribution in [3.05, 3.63) is 47.0 Å². The number of hydrogen-bond acceptors (Lipinski definition) is 2. The lowest BCUT2D eigenvalue weighted by atomic mass is 9.97. The van der Waals surface area contributed by atoms with Crippen molar-refractivity contribution in [2.75, 3.05) is 7.05 Å². The van der Waals surface area contributed by atoms with Gasteiger partial charge in [-0.15, -0.1) is 0 Å². The number of aldehydes is 1. The molecule has 1 rings (SSSR count). The van der Waals surface area contributed by atoms with Crippen LogP contribution in [0.25, 0.3) is 0 Å². The second kappa shape index (κ2) is 6.31. The molecule has 2 nitrogen and oxygen atoms in total. The number of allylic oxidation sites excluding steroid dienone is 2. The van der Waals surface area contributed by atoms with E-state index in [4.69, 9.17) is 0 Å². The summed E-state index contributed by atoms with van der Waals surface area (Å²) in [6.45, 7) is 1.80. The largest absolute Gasteiger partial charge is 0.417 e. The zero-order valence-corrected chi connectivity index (χ0v) is 10.7. The summed E-state index contributed by atoms with van der Waals surface area (Å²) < 4.78 is 38.8. The highest BCUT2D eigenvalue weighted by Crippen LogP contribution is 2.32. The molecule has 0 fully saturated rings. The van der Waals surface area contributed by atoms with Crippen molar-refractivity contribution in [2.45, 2.75) is 19.5 Å². The van der Waals surface area contributed by atoms with Gasteiger partial charge < -0.3 is 0 Å². The summed E-state index contributed by atoms with van der Waals surface area (Å²) in [6, 6.07) is 5.10. The number of alkyl halides is 3. The van der Waals surface area contributed by atoms with Gasteiger partial charge in [0.2, 0.25) is 0 Å². The molecule has 1 aromatic carbocycles. The fraction of sp³-hybridized carbons (Fsp3) is 0.286. The summed E-state index contributed by atoms with van der Waals surface area (Å²) in [5.41, 5.74) is -0.643. The fourth-order valence-electron chi connectivity index (χ4n) is 1.76. The lowest BCUT2D eigenvalue weighted by Gasteiger charge is -2.14. The molecule has 0 N–H and O–H groups in total. The third kappa shape index (κ3) is 3.53. The average Bonchev–Trinajstić information content (AvgIpc) is 2.38. The van der Waals surface area contributed by atoms with Gasteiger partial charge in [0.05, 0.1) is 11.3 Å². The topological polar surface area (TPSA) is 29.4 Å². The van der Waals surface area contributed by atoms with E-state index >= 15 is 0 Å². The molecule has 0 aliphatic carbocycles. The van der Waals surface area contributed by atoms with Crippen LogP contribution in [0.3, 0.4) is 0 Å². The number of rotatable bonds is 4. The number of hydrogen-bond donors (Lipinski definition) is 0. The van der Waals surface area contributed by atoms with Crippen LogP contribution < -0.4 is 0 Å². The zero-order valence-electron chi connectivity index (χ0n) is 10.7. The van der Waals surface area contributed by atoms with Crippen molar-refractivity contribution in [2.24, 2.45) is 4.99 Å². The van der Waals surface area contributed by atoms with Crippen LogP contribution in [0.2, 0.25) is 0 Å². The molecule has 0 aromatic heterocycles. The fourth-order valence-corrected chi connectivity index (χ4v) is 1.76. The molecule has 0 saturated heterocycles. The van der Waals surface area contributed by atoms with Gasteiger partial charge in [0.25, 0.3) is 0 Å². The molecule has 0 aliphatic rings. The summed E-state index contributed by atoms with van der Waals surface area (Å²) in [4.78, 5) is 14.8. The minimum atomic E-state index is -4.48. The molecule has 19 heavy (non-hydrogen) atoms. The Morgan fingerprint density at radius 1 is 1.32 bits per heavy atom. The van der Waals surface area contributed by atoms with Gasteiger partial charge in [-0.05, 0) is 12.5 Å². The molecule has 0 atom stereocenters. The van der Waals surface area contributed by atoms with Crippen molar-refractivity contribution in [1.29, 1.82) is 0 Å². The Hall–Kier alpha value is -1.91. The Bertz CT molecular complexity index is 516. The molecular formula is C14H14F3NO. The summed E-state index contributed by atoms with van der Waals surface area (Å²) in [5, 5.41) is 0. The van der Waals surface area contributed by atoms with Gasteiger partial charge in [-0.2, -0.15) is 13.2 Å². The molecule has 102 valence electrons. The molecule has 0 unspecified atom stereocenters. The van der Waals surface area contributed by atoms with Crippen molar-refractivity contribution in [3.8, 4) is 0 Å². The van der Waals surface area contributed by atoms with Crippen LogP contribution in [0.5, 0.6) is 0 Å². The number of aliphatic imine (C=N–C) groups is 1. The number of benzene rings is 1. The van der Waals surface area contributed by atoms with Crippen LogP contribution in [-0.4, -0.2) is 19.0 Å². The van der Waals surface area contributed by atoms with Gasteiger partial charge in [0.1, 0.15) is 0 Å². The third-order valence-corrected chi connectivity index (χ3v) is 2.54. The number of carbonyl (C=O) groups is 1. The van der Waals surface area contributed by atoms with E-state index in [0.29, 0.717) is 12.7 Å². The summed E-state index contributed by atoms with van der Waals surface area (Å²) in [7, 11) is 1.37. The van der Waals surface area contributed by atoms with E-state index in [-0.39, 0.29) is 16.8 Å². The Morgan fingerprint density at radius 3 is 2.42 bits per heavy atom. The van der Waals surface area contributed by atoms with Gasteiger partial charge >= 0.3 is 6.18 Å². The van der Waals surface area contributed by atoms with Crippen LogP contribution >= 0.6 is 0 Å². The quantitative estimate of drug-likeness (QED) is 0.466. The second-order valence-electron chi connectivity index (χ2n) is 3.80. The van der Waals surface area contributed by atoms with Crippen molar-refractivity contribution < 1.29 is 18.0 Å². The van der Waals surface area contributed by atoms with Gasteiger partial charge in [-0.3, -0.25) is 9.79 Å². The van der Waals surface area contributed by atoms with Crippen LogP contribution in [0.15, 0.2) is 40.9 Å². The summed E-state index contributed by atoms with van der Waals surface area (Å²) in [5.74, 6) is 0. The number of carbonyl (C=O) groups excluding carboxylic acids is 1. The molecule has 0 saturated carbocycles. The predicted molar refractivity (Wildman–Crippen MR) is 68.3 cm³/mol. The summed E-state index contributed by atoms with van der Waals surface area (Å²) >= 11 is 0.